The van der Waals surface area contributed by atoms with Crippen molar-refractivity contribution >= 4 is 21.6 Å². The summed E-state index contributed by atoms with van der Waals surface area (Å²) in [7, 11) is -4.36. The van der Waals surface area contributed by atoms with E-state index in [9.17, 15) is 31.5 Å². The van der Waals surface area contributed by atoms with Crippen LogP contribution in [0.5, 0.6) is 0 Å². The third-order valence-corrected chi connectivity index (χ3v) is 6.71. The van der Waals surface area contributed by atoms with Gasteiger partial charge >= 0.3 is 12.1 Å². The molecule has 0 saturated carbocycles. The number of rotatable bonds is 4. The van der Waals surface area contributed by atoms with E-state index in [1.165, 1.54) is 11.0 Å². The molecular weight excluding hydrogens is 413 g/mol. The molecule has 1 atom stereocenters. The highest BCUT2D eigenvalue weighted by Gasteiger charge is 2.42. The Hall–Kier alpha value is -3.20. The van der Waals surface area contributed by atoms with Crippen LogP contribution in [0.25, 0.3) is 0 Å². The summed E-state index contributed by atoms with van der Waals surface area (Å²) in [5.41, 5.74) is -1.59. The number of hydrogen-bond donors (Lipinski definition) is 1. The van der Waals surface area contributed by atoms with Crippen molar-refractivity contribution < 1.29 is 31.5 Å². The van der Waals surface area contributed by atoms with Crippen LogP contribution in [0, 0.1) is 11.3 Å². The number of nitriles is 1. The predicted molar refractivity (Wildman–Crippen MR) is 93.0 cm³/mol. The molecule has 2 aromatic rings. The van der Waals surface area contributed by atoms with Gasteiger partial charge in [0.2, 0.25) is 5.82 Å². The third kappa shape index (κ3) is 3.86. The van der Waals surface area contributed by atoms with Gasteiger partial charge in [-0.25, -0.2) is 23.2 Å². The molecular formula is C17H13F3N4O4S. The summed E-state index contributed by atoms with van der Waals surface area (Å²) < 4.78 is 65.5. The summed E-state index contributed by atoms with van der Waals surface area (Å²) in [6.07, 6.45) is -3.93. The van der Waals surface area contributed by atoms with Gasteiger partial charge < -0.3 is 10.0 Å². The van der Waals surface area contributed by atoms with Crippen LogP contribution in [0.2, 0.25) is 0 Å². The van der Waals surface area contributed by atoms with Crippen molar-refractivity contribution in [1.29, 1.82) is 5.26 Å². The maximum absolute atomic E-state index is 13.2. The lowest BCUT2D eigenvalue weighted by Gasteiger charge is -2.20. The zero-order valence-corrected chi connectivity index (χ0v) is 15.4. The molecule has 1 saturated heterocycles. The Bertz CT molecular complexity index is 1110. The van der Waals surface area contributed by atoms with Crippen LogP contribution in [0.15, 0.2) is 35.4 Å². The van der Waals surface area contributed by atoms with Gasteiger partial charge in [0.25, 0.3) is 0 Å². The second-order valence-electron chi connectivity index (χ2n) is 6.24. The highest BCUT2D eigenvalue weighted by molar-refractivity contribution is 7.92. The average Bonchev–Trinajstić information content (AvgIpc) is 3.17. The van der Waals surface area contributed by atoms with Crippen molar-refractivity contribution in [2.75, 3.05) is 18.0 Å². The molecule has 0 aliphatic carbocycles. The van der Waals surface area contributed by atoms with Crippen LogP contribution < -0.4 is 4.90 Å². The van der Waals surface area contributed by atoms with Gasteiger partial charge in [-0.3, -0.25) is 0 Å². The Balaban J connectivity index is 1.97. The minimum Gasteiger partial charge on any atom is -0.477 e. The molecule has 3 rings (SSSR count). The van der Waals surface area contributed by atoms with Crippen LogP contribution in [0.3, 0.4) is 0 Å². The zero-order valence-electron chi connectivity index (χ0n) is 14.6. The lowest BCUT2D eigenvalue weighted by Crippen LogP contribution is -2.30. The maximum atomic E-state index is 13.2. The number of sulfone groups is 1. The van der Waals surface area contributed by atoms with Gasteiger partial charge in [-0.05, 0) is 18.6 Å². The summed E-state index contributed by atoms with van der Waals surface area (Å²) in [4.78, 5) is 19.3. The van der Waals surface area contributed by atoms with Gasteiger partial charge in [-0.1, -0.05) is 12.1 Å². The van der Waals surface area contributed by atoms with Gasteiger partial charge in [0, 0.05) is 19.3 Å². The molecule has 1 aliphatic rings. The molecule has 12 heteroatoms. The molecule has 0 spiro atoms. The van der Waals surface area contributed by atoms with Crippen LogP contribution in [-0.4, -0.2) is 47.8 Å². The smallest absolute Gasteiger partial charge is 0.417 e. The van der Waals surface area contributed by atoms with E-state index < -0.39 is 37.7 Å². The molecule has 1 aromatic carbocycles. The molecule has 0 amide bonds. The quantitative estimate of drug-likeness (QED) is 0.788. The number of halogens is 3. The number of nitrogens with zero attached hydrogens (tertiary/aromatic N) is 4. The van der Waals surface area contributed by atoms with Crippen LogP contribution in [-0.2, 0) is 16.0 Å². The van der Waals surface area contributed by atoms with Gasteiger partial charge in [-0.15, -0.1) is 0 Å². The number of benzene rings is 1. The number of hydrogen-bond acceptors (Lipinski definition) is 7. The Labute approximate surface area is 163 Å². The minimum absolute atomic E-state index is 0.0283. The van der Waals surface area contributed by atoms with E-state index in [1.54, 1.807) is 6.07 Å². The minimum atomic E-state index is -4.84. The molecule has 2 heterocycles. The summed E-state index contributed by atoms with van der Waals surface area (Å²) in [5, 5.41) is 17.0. The predicted octanol–water partition coefficient (Wildman–Crippen LogP) is 2.12. The summed E-state index contributed by atoms with van der Waals surface area (Å²) in [6.45, 7) is -0.225. The normalized spacial score (nSPS) is 17.2. The van der Waals surface area contributed by atoms with Crippen molar-refractivity contribution in [2.45, 2.75) is 22.7 Å². The molecule has 1 aromatic heterocycles. The Kier molecular flexibility index (Phi) is 5.18. The number of alkyl halides is 3. The van der Waals surface area contributed by atoms with E-state index in [0.717, 1.165) is 18.3 Å². The Morgan fingerprint density at radius 2 is 2.00 bits per heavy atom. The number of anilines is 1. The van der Waals surface area contributed by atoms with Gasteiger partial charge in [0.05, 0.1) is 15.7 Å². The SMILES string of the molecule is N#Cc1ncc(C(=O)O)c(N2CC[C@H](S(=O)(=O)c3ccccc3C(F)(F)F)C2)n1. The number of carbonyl (C=O) groups is 1. The zero-order chi connectivity index (χ0) is 21.4. The van der Waals surface area contributed by atoms with E-state index in [0.29, 0.717) is 6.07 Å². The van der Waals surface area contributed by atoms with E-state index in [2.05, 4.69) is 9.97 Å². The molecule has 0 radical (unpaired) electrons. The largest absolute Gasteiger partial charge is 0.477 e. The highest BCUT2D eigenvalue weighted by Crippen LogP contribution is 2.37. The van der Waals surface area contributed by atoms with Crippen LogP contribution >= 0.6 is 0 Å². The van der Waals surface area contributed by atoms with E-state index in [1.807, 2.05) is 0 Å². The molecule has 8 nitrogen and oxygen atoms in total. The lowest BCUT2D eigenvalue weighted by molar-refractivity contribution is -0.139. The highest BCUT2D eigenvalue weighted by atomic mass is 32.2. The number of aromatic nitrogens is 2. The van der Waals surface area contributed by atoms with Crippen LogP contribution in [0.4, 0.5) is 19.0 Å². The molecule has 1 N–H and O–H groups in total. The van der Waals surface area contributed by atoms with E-state index >= 15 is 0 Å². The number of carboxylic acids is 1. The van der Waals surface area contributed by atoms with Crippen molar-refractivity contribution in [2.24, 2.45) is 0 Å². The van der Waals surface area contributed by atoms with Crippen molar-refractivity contribution in [1.82, 2.24) is 9.97 Å². The fourth-order valence-corrected chi connectivity index (χ4v) is 5.03. The van der Waals surface area contributed by atoms with E-state index in [4.69, 9.17) is 5.26 Å². The first-order valence-electron chi connectivity index (χ1n) is 8.21. The molecule has 0 unspecified atom stereocenters. The maximum Gasteiger partial charge on any atom is 0.417 e. The lowest BCUT2D eigenvalue weighted by atomic mass is 10.2. The molecule has 0 bridgehead atoms. The number of aromatic carboxylic acids is 1. The third-order valence-electron chi connectivity index (χ3n) is 4.48. The molecule has 29 heavy (non-hydrogen) atoms. The summed E-state index contributed by atoms with van der Waals surface area (Å²) in [6, 6.07) is 5.58. The summed E-state index contributed by atoms with van der Waals surface area (Å²) in [5.74, 6) is -1.83. The fourth-order valence-electron chi connectivity index (χ4n) is 3.12. The molecule has 152 valence electrons. The molecule has 1 aliphatic heterocycles. The second-order valence-corrected chi connectivity index (χ2v) is 8.44. The van der Waals surface area contributed by atoms with Gasteiger partial charge in [0.15, 0.2) is 9.84 Å². The standard InChI is InChI=1S/C17H13F3N4O4S/c18-17(19,20)12-3-1-2-4-13(12)29(27,28)10-5-6-24(9-10)15-11(16(25)26)8-22-14(7-21)23-15/h1-4,8,10H,5-6,9H2,(H,25,26)/t10-/m0/s1. The Morgan fingerprint density at radius 3 is 2.62 bits per heavy atom. The molecule has 1 fully saturated rings. The van der Waals surface area contributed by atoms with Crippen molar-refractivity contribution in [3.05, 3.63) is 47.4 Å². The number of carboxylic acid groups (broad SMARTS) is 1. The Morgan fingerprint density at radius 1 is 1.31 bits per heavy atom. The monoisotopic (exact) mass is 426 g/mol. The van der Waals surface area contributed by atoms with Crippen LogP contribution in [0.1, 0.15) is 28.2 Å². The van der Waals surface area contributed by atoms with Gasteiger partial charge in [0.1, 0.15) is 17.5 Å². The first-order chi connectivity index (χ1) is 13.6. The van der Waals surface area contributed by atoms with E-state index in [-0.39, 0.29) is 36.7 Å². The second kappa shape index (κ2) is 7.32. The first-order valence-corrected chi connectivity index (χ1v) is 9.76. The topological polar surface area (TPSA) is 124 Å². The van der Waals surface area contributed by atoms with Crippen molar-refractivity contribution in [3.8, 4) is 6.07 Å². The van der Waals surface area contributed by atoms with Gasteiger partial charge in [-0.2, -0.15) is 18.4 Å². The average molecular weight is 426 g/mol. The first kappa shape index (κ1) is 20.5. The van der Waals surface area contributed by atoms with Crippen molar-refractivity contribution in [3.63, 3.8) is 0 Å². The summed E-state index contributed by atoms with van der Waals surface area (Å²) >= 11 is 0. The fraction of sp³-hybridized carbons (Fsp3) is 0.294.